The van der Waals surface area contributed by atoms with Crippen LogP contribution in [0.3, 0.4) is 0 Å². The summed E-state index contributed by atoms with van der Waals surface area (Å²) in [6.07, 6.45) is -7.58. The van der Waals surface area contributed by atoms with E-state index in [1.54, 1.807) is 0 Å². The summed E-state index contributed by atoms with van der Waals surface area (Å²) < 4.78 is 46.5. The minimum atomic E-state index is -4.48. The third-order valence-electron chi connectivity index (χ3n) is 2.30. The molecular weight excluding hydrogens is 273 g/mol. The number of rotatable bonds is 4. The molecule has 1 unspecified atom stereocenters. The van der Waals surface area contributed by atoms with Crippen molar-refractivity contribution in [2.45, 2.75) is 18.7 Å². The van der Waals surface area contributed by atoms with E-state index in [1.807, 2.05) is 0 Å². The van der Waals surface area contributed by atoms with Crippen LogP contribution >= 0.6 is 11.6 Å². The second-order valence-corrected chi connectivity index (χ2v) is 3.92. The molecule has 0 radical (unpaired) electrons. The summed E-state index contributed by atoms with van der Waals surface area (Å²) >= 11 is 5.89. The van der Waals surface area contributed by atoms with E-state index in [4.69, 9.17) is 21.1 Å². The fourth-order valence-electron chi connectivity index (χ4n) is 1.51. The number of benzene rings is 1. The van der Waals surface area contributed by atoms with Crippen LogP contribution in [0.4, 0.5) is 13.2 Å². The molecule has 0 saturated carbocycles. The Morgan fingerprint density at radius 2 is 1.89 bits per heavy atom. The number of halogens is 4. The van der Waals surface area contributed by atoms with E-state index in [2.05, 4.69) is 0 Å². The van der Waals surface area contributed by atoms with E-state index in [-0.39, 0.29) is 22.1 Å². The molecule has 0 aliphatic carbocycles. The molecule has 0 spiro atoms. The average Bonchev–Trinajstić information content (AvgIpc) is 2.26. The molecule has 0 bridgehead atoms. The Balaban J connectivity index is 3.13. The number of aliphatic hydroxyl groups excluding tert-OH is 1. The molecule has 0 aromatic heterocycles. The Morgan fingerprint density at radius 1 is 1.28 bits per heavy atom. The predicted octanol–water partition coefficient (Wildman–Crippen LogP) is 3.34. The highest BCUT2D eigenvalue weighted by atomic mass is 35.5. The van der Waals surface area contributed by atoms with E-state index < -0.39 is 18.7 Å². The highest BCUT2D eigenvalue weighted by Crippen LogP contribution is 2.41. The molecular formula is C11H12ClF3O3. The van der Waals surface area contributed by atoms with E-state index >= 15 is 0 Å². The van der Waals surface area contributed by atoms with Gasteiger partial charge in [0.2, 0.25) is 0 Å². The van der Waals surface area contributed by atoms with E-state index in [0.717, 1.165) is 0 Å². The van der Waals surface area contributed by atoms with Gasteiger partial charge in [0.05, 0.1) is 26.7 Å². The number of hydrogen-bond donors (Lipinski definition) is 1. The second-order valence-electron chi connectivity index (χ2n) is 3.54. The Labute approximate surface area is 107 Å². The molecule has 1 N–H and O–H groups in total. The fourth-order valence-corrected chi connectivity index (χ4v) is 1.84. The van der Waals surface area contributed by atoms with Crippen LogP contribution in [0.25, 0.3) is 0 Å². The third kappa shape index (κ3) is 3.43. The minimum Gasteiger partial charge on any atom is -0.495 e. The standard InChI is InChI=1S/C11H12ClF3O3/c1-17-8-4-3-6(10(18-2)9(8)12)7(16)5-11(13,14)15/h3-4,7,16H,5H2,1-2H3. The Hall–Kier alpha value is -1.14. The Kier molecular flexibility index (Phi) is 4.70. The number of alkyl halides is 3. The SMILES string of the molecule is COc1ccc(C(O)CC(F)(F)F)c(OC)c1Cl. The summed E-state index contributed by atoms with van der Waals surface area (Å²) in [7, 11) is 2.62. The molecule has 18 heavy (non-hydrogen) atoms. The minimum absolute atomic E-state index is 0.0206. The summed E-state index contributed by atoms with van der Waals surface area (Å²) in [6.45, 7) is 0. The molecule has 0 aliphatic rings. The first-order valence-electron chi connectivity index (χ1n) is 4.95. The normalized spacial score (nSPS) is 13.3. The van der Waals surface area contributed by atoms with Gasteiger partial charge in [-0.2, -0.15) is 13.2 Å². The number of methoxy groups -OCH3 is 2. The van der Waals surface area contributed by atoms with Crippen molar-refractivity contribution in [3.63, 3.8) is 0 Å². The lowest BCUT2D eigenvalue weighted by atomic mass is 10.0. The molecule has 7 heteroatoms. The average molecular weight is 285 g/mol. The number of ether oxygens (including phenoxy) is 2. The zero-order valence-corrected chi connectivity index (χ0v) is 10.5. The van der Waals surface area contributed by atoms with Crippen molar-refractivity contribution in [1.82, 2.24) is 0 Å². The number of aliphatic hydroxyl groups is 1. The molecule has 1 atom stereocenters. The van der Waals surface area contributed by atoms with Gasteiger partial charge in [0.25, 0.3) is 0 Å². The van der Waals surface area contributed by atoms with Crippen LogP contribution in [0.2, 0.25) is 5.02 Å². The maximum Gasteiger partial charge on any atom is 0.391 e. The summed E-state index contributed by atoms with van der Waals surface area (Å²) in [5.41, 5.74) is -0.0272. The fraction of sp³-hybridized carbons (Fsp3) is 0.455. The quantitative estimate of drug-likeness (QED) is 0.921. The van der Waals surface area contributed by atoms with Crippen molar-refractivity contribution >= 4 is 11.6 Å². The van der Waals surface area contributed by atoms with Gasteiger partial charge >= 0.3 is 6.18 Å². The van der Waals surface area contributed by atoms with Crippen molar-refractivity contribution in [2.75, 3.05) is 14.2 Å². The molecule has 1 aromatic carbocycles. The van der Waals surface area contributed by atoms with Crippen LogP contribution in [0, 0.1) is 0 Å². The van der Waals surface area contributed by atoms with Crippen LogP contribution in [0.5, 0.6) is 11.5 Å². The van der Waals surface area contributed by atoms with Crippen molar-refractivity contribution in [3.05, 3.63) is 22.7 Å². The van der Waals surface area contributed by atoms with Gasteiger partial charge in [-0.15, -0.1) is 0 Å². The van der Waals surface area contributed by atoms with Gasteiger partial charge in [-0.25, -0.2) is 0 Å². The highest BCUT2D eigenvalue weighted by Gasteiger charge is 2.33. The van der Waals surface area contributed by atoms with Gasteiger partial charge in [-0.3, -0.25) is 0 Å². The zero-order valence-electron chi connectivity index (χ0n) is 9.71. The Morgan fingerprint density at radius 3 is 2.33 bits per heavy atom. The molecule has 102 valence electrons. The molecule has 0 saturated heterocycles. The first kappa shape index (κ1) is 14.9. The predicted molar refractivity (Wildman–Crippen MR) is 60.2 cm³/mol. The molecule has 0 amide bonds. The van der Waals surface area contributed by atoms with Crippen LogP contribution in [-0.4, -0.2) is 25.5 Å². The van der Waals surface area contributed by atoms with Gasteiger partial charge in [-0.05, 0) is 12.1 Å². The molecule has 0 fully saturated rings. The zero-order chi connectivity index (χ0) is 13.9. The van der Waals surface area contributed by atoms with Crippen LogP contribution in [-0.2, 0) is 0 Å². The first-order valence-corrected chi connectivity index (χ1v) is 5.33. The second kappa shape index (κ2) is 5.67. The van der Waals surface area contributed by atoms with Gasteiger partial charge in [-0.1, -0.05) is 11.6 Å². The molecule has 0 heterocycles. The lowest BCUT2D eigenvalue weighted by molar-refractivity contribution is -0.154. The van der Waals surface area contributed by atoms with E-state index in [0.29, 0.717) is 0 Å². The van der Waals surface area contributed by atoms with Gasteiger partial charge in [0, 0.05) is 5.56 Å². The lowest BCUT2D eigenvalue weighted by Crippen LogP contribution is -2.14. The molecule has 0 aliphatic heterocycles. The maximum atomic E-state index is 12.2. The van der Waals surface area contributed by atoms with Crippen molar-refractivity contribution < 1.29 is 27.8 Å². The maximum absolute atomic E-state index is 12.2. The number of hydrogen-bond acceptors (Lipinski definition) is 3. The van der Waals surface area contributed by atoms with Gasteiger partial charge in [0.1, 0.15) is 16.5 Å². The largest absolute Gasteiger partial charge is 0.495 e. The van der Waals surface area contributed by atoms with Crippen LogP contribution < -0.4 is 9.47 Å². The highest BCUT2D eigenvalue weighted by molar-refractivity contribution is 6.33. The lowest BCUT2D eigenvalue weighted by Gasteiger charge is -2.18. The topological polar surface area (TPSA) is 38.7 Å². The van der Waals surface area contributed by atoms with Crippen LogP contribution in [0.1, 0.15) is 18.1 Å². The van der Waals surface area contributed by atoms with Gasteiger partial charge in [0.15, 0.2) is 0 Å². The van der Waals surface area contributed by atoms with Crippen molar-refractivity contribution in [2.24, 2.45) is 0 Å². The van der Waals surface area contributed by atoms with Crippen molar-refractivity contribution in [3.8, 4) is 11.5 Å². The smallest absolute Gasteiger partial charge is 0.391 e. The van der Waals surface area contributed by atoms with E-state index in [9.17, 15) is 18.3 Å². The first-order chi connectivity index (χ1) is 8.30. The molecule has 1 rings (SSSR count). The van der Waals surface area contributed by atoms with Crippen molar-refractivity contribution in [1.29, 1.82) is 0 Å². The molecule has 3 nitrogen and oxygen atoms in total. The van der Waals surface area contributed by atoms with Gasteiger partial charge < -0.3 is 14.6 Å². The summed E-state index contributed by atoms with van der Waals surface area (Å²) in [5.74, 6) is 0.240. The summed E-state index contributed by atoms with van der Waals surface area (Å²) in [4.78, 5) is 0. The summed E-state index contributed by atoms with van der Waals surface area (Å²) in [6, 6.07) is 2.67. The third-order valence-corrected chi connectivity index (χ3v) is 2.66. The summed E-state index contributed by atoms with van der Waals surface area (Å²) in [5, 5.41) is 9.58. The molecule has 1 aromatic rings. The Bertz CT molecular complexity index is 421. The van der Waals surface area contributed by atoms with Crippen LogP contribution in [0.15, 0.2) is 12.1 Å². The monoisotopic (exact) mass is 284 g/mol. The van der Waals surface area contributed by atoms with E-state index in [1.165, 1.54) is 26.4 Å².